The van der Waals surface area contributed by atoms with Gasteiger partial charge in [0, 0.05) is 11.9 Å². The lowest BCUT2D eigenvalue weighted by atomic mass is 10.1. The normalized spacial score (nSPS) is 25.2. The van der Waals surface area contributed by atoms with Gasteiger partial charge in [0.05, 0.1) is 11.0 Å². The van der Waals surface area contributed by atoms with Gasteiger partial charge in [-0.1, -0.05) is 12.1 Å². The Kier molecular flexibility index (Phi) is 2.68. The van der Waals surface area contributed by atoms with Crippen molar-refractivity contribution in [3.05, 3.63) is 34.7 Å². The molecule has 5 heteroatoms. The maximum Gasteiger partial charge on any atom is 0.327 e. The average molecular weight is 251 g/mol. The number of imidazole rings is 1. The van der Waals surface area contributed by atoms with Crippen molar-refractivity contribution < 1.29 is 0 Å². The van der Waals surface area contributed by atoms with E-state index < -0.39 is 0 Å². The average Bonchev–Trinajstić information content (AvgIpc) is 2.66. The number of piperidine rings is 1. The summed E-state index contributed by atoms with van der Waals surface area (Å²) < 4.78 is 1.73. The Morgan fingerprint density at radius 1 is 1.35 bits per heavy atom. The van der Waals surface area contributed by atoms with Crippen molar-refractivity contribution in [3.63, 3.8) is 0 Å². The number of nitrogens with zero attached hydrogens (tertiary/aromatic N) is 2. The number of benzene rings is 1. The molecule has 0 saturated carbocycles. The van der Waals surface area contributed by atoms with Gasteiger partial charge in [-0.05, 0) is 25.0 Å². The number of aromatic nitrogens is 2. The third kappa shape index (κ3) is 1.87. The first-order chi connectivity index (χ1) is 8.25. The monoisotopic (exact) mass is 250 g/mol. The van der Waals surface area contributed by atoms with E-state index in [1.807, 2.05) is 24.3 Å². The van der Waals surface area contributed by atoms with Crippen molar-refractivity contribution in [2.24, 2.45) is 0 Å². The second-order valence-electron chi connectivity index (χ2n) is 4.34. The quantitative estimate of drug-likeness (QED) is 0.772. The minimum Gasteiger partial charge on any atom is -0.305 e. The molecule has 1 fully saturated rings. The zero-order valence-corrected chi connectivity index (χ0v) is 10.0. The van der Waals surface area contributed by atoms with Crippen LogP contribution in [0.1, 0.15) is 19.0 Å². The van der Waals surface area contributed by atoms with E-state index in [4.69, 9.17) is 11.6 Å². The van der Waals surface area contributed by atoms with E-state index >= 15 is 0 Å². The number of hydrogen-bond acceptors (Lipinski definition) is 1. The summed E-state index contributed by atoms with van der Waals surface area (Å²) >= 11 is 6.01. The van der Waals surface area contributed by atoms with Crippen LogP contribution in [0.25, 0.3) is 11.0 Å². The molecule has 89 valence electrons. The molecule has 17 heavy (non-hydrogen) atoms. The maximum atomic E-state index is 11.9. The molecule has 4 nitrogen and oxygen atoms in total. The fourth-order valence-corrected chi connectivity index (χ4v) is 2.54. The van der Waals surface area contributed by atoms with Crippen molar-refractivity contribution in [1.82, 2.24) is 14.9 Å². The van der Waals surface area contributed by atoms with Gasteiger partial charge in [0.25, 0.3) is 0 Å². The molecule has 0 aliphatic carbocycles. The number of halogens is 1. The molecule has 1 aliphatic rings. The first-order valence-electron chi connectivity index (χ1n) is 5.75. The topological polar surface area (TPSA) is 51.9 Å². The Bertz CT molecular complexity index is 581. The smallest absolute Gasteiger partial charge is 0.305 e. The molecule has 3 rings (SSSR count). The van der Waals surface area contributed by atoms with Gasteiger partial charge in [0.2, 0.25) is 0 Å². The van der Waals surface area contributed by atoms with Gasteiger partial charge in [-0.3, -0.25) is 4.57 Å². The summed E-state index contributed by atoms with van der Waals surface area (Å²) in [5, 5.41) is 4.59. The van der Waals surface area contributed by atoms with Crippen molar-refractivity contribution in [1.29, 1.82) is 0 Å². The molecule has 0 amide bonds. The highest BCUT2D eigenvalue weighted by Gasteiger charge is 2.24. The first kappa shape index (κ1) is 10.9. The largest absolute Gasteiger partial charge is 0.327 e. The van der Waals surface area contributed by atoms with Crippen molar-refractivity contribution >= 4 is 22.6 Å². The number of H-pyrrole nitrogens is 1. The highest BCUT2D eigenvalue weighted by Crippen LogP contribution is 2.23. The number of para-hydroxylation sites is 2. The van der Waals surface area contributed by atoms with Crippen LogP contribution in [0.15, 0.2) is 29.1 Å². The van der Waals surface area contributed by atoms with Gasteiger partial charge in [0.15, 0.2) is 0 Å². The molecule has 1 aliphatic heterocycles. The molecule has 1 saturated heterocycles. The summed E-state index contributed by atoms with van der Waals surface area (Å²) in [6.07, 6.45) is 1.66. The minimum atomic E-state index is -0.0898. The SMILES string of the molecule is O=c1[nH]c2ccccc2n1C1CCC(Cl)C[N]1. The molecule has 2 atom stereocenters. The molecule has 2 aromatic rings. The van der Waals surface area contributed by atoms with Crippen LogP contribution in [0, 0.1) is 0 Å². The highest BCUT2D eigenvalue weighted by atomic mass is 35.5. The lowest BCUT2D eigenvalue weighted by Crippen LogP contribution is -2.35. The minimum absolute atomic E-state index is 0.0753. The molecule has 1 aromatic heterocycles. The van der Waals surface area contributed by atoms with Crippen LogP contribution >= 0.6 is 11.6 Å². The number of rotatable bonds is 1. The zero-order valence-electron chi connectivity index (χ0n) is 9.27. The Hall–Kier alpha value is -1.26. The first-order valence-corrected chi connectivity index (χ1v) is 6.19. The predicted molar refractivity (Wildman–Crippen MR) is 67.5 cm³/mol. The van der Waals surface area contributed by atoms with E-state index in [2.05, 4.69) is 10.3 Å². The van der Waals surface area contributed by atoms with Crippen LogP contribution in [0.5, 0.6) is 0 Å². The Balaban J connectivity index is 2.05. The third-order valence-electron chi connectivity index (χ3n) is 3.17. The summed E-state index contributed by atoms with van der Waals surface area (Å²) in [6.45, 7) is 0.623. The molecular weight excluding hydrogens is 238 g/mol. The van der Waals surface area contributed by atoms with Crippen LogP contribution in [0.2, 0.25) is 0 Å². The molecule has 1 aromatic carbocycles. The molecule has 1 radical (unpaired) electrons. The van der Waals surface area contributed by atoms with Crippen molar-refractivity contribution in [2.45, 2.75) is 24.4 Å². The van der Waals surface area contributed by atoms with E-state index in [9.17, 15) is 4.79 Å². The fourth-order valence-electron chi connectivity index (χ4n) is 2.33. The van der Waals surface area contributed by atoms with E-state index in [0.717, 1.165) is 23.9 Å². The standard InChI is InChI=1S/C12H13ClN3O/c13-8-5-6-11(14-7-8)16-10-4-2-1-3-9(10)15-12(16)17/h1-4,8,11H,5-7H2,(H,15,17). The summed E-state index contributed by atoms with van der Waals surface area (Å²) in [6, 6.07) is 7.69. The maximum absolute atomic E-state index is 11.9. The second kappa shape index (κ2) is 4.20. The van der Waals surface area contributed by atoms with Crippen LogP contribution in [-0.4, -0.2) is 21.5 Å². The van der Waals surface area contributed by atoms with Gasteiger partial charge >= 0.3 is 5.69 Å². The fraction of sp³-hybridized carbons (Fsp3) is 0.417. The lowest BCUT2D eigenvalue weighted by Gasteiger charge is -2.25. The highest BCUT2D eigenvalue weighted by molar-refractivity contribution is 6.20. The summed E-state index contributed by atoms with van der Waals surface area (Å²) in [7, 11) is 0. The molecule has 2 heterocycles. The number of hydrogen-bond donors (Lipinski definition) is 1. The summed E-state index contributed by atoms with van der Waals surface area (Å²) in [4.78, 5) is 14.8. The van der Waals surface area contributed by atoms with Crippen LogP contribution in [0.4, 0.5) is 0 Å². The van der Waals surface area contributed by atoms with Crippen molar-refractivity contribution in [3.8, 4) is 0 Å². The van der Waals surface area contributed by atoms with E-state index in [0.29, 0.717) is 6.54 Å². The Morgan fingerprint density at radius 2 is 2.18 bits per heavy atom. The van der Waals surface area contributed by atoms with Crippen LogP contribution in [0.3, 0.4) is 0 Å². The number of nitrogens with one attached hydrogen (secondary N) is 1. The summed E-state index contributed by atoms with van der Waals surface area (Å²) in [5.74, 6) is 0. The van der Waals surface area contributed by atoms with Gasteiger partial charge in [-0.25, -0.2) is 10.1 Å². The van der Waals surface area contributed by atoms with Crippen LogP contribution in [-0.2, 0) is 0 Å². The lowest BCUT2D eigenvalue weighted by molar-refractivity contribution is 0.317. The number of alkyl halides is 1. The van der Waals surface area contributed by atoms with Gasteiger partial charge in [-0.2, -0.15) is 0 Å². The predicted octanol–water partition coefficient (Wildman–Crippen LogP) is 1.83. The molecular formula is C12H13ClN3O. The molecule has 0 bridgehead atoms. The van der Waals surface area contributed by atoms with E-state index in [1.165, 1.54) is 0 Å². The van der Waals surface area contributed by atoms with Crippen molar-refractivity contribution in [2.75, 3.05) is 6.54 Å². The molecule has 0 spiro atoms. The van der Waals surface area contributed by atoms with Gasteiger partial charge in [-0.15, -0.1) is 11.6 Å². The zero-order chi connectivity index (χ0) is 11.8. The summed E-state index contributed by atoms with van der Waals surface area (Å²) in [5.41, 5.74) is 1.69. The molecule has 1 N–H and O–H groups in total. The second-order valence-corrected chi connectivity index (χ2v) is 4.95. The third-order valence-corrected chi connectivity index (χ3v) is 3.53. The van der Waals surface area contributed by atoms with Crippen LogP contribution < -0.4 is 11.0 Å². The Labute approximate surface area is 104 Å². The molecule has 2 unspecified atom stereocenters. The van der Waals surface area contributed by atoms with E-state index in [1.54, 1.807) is 4.57 Å². The Morgan fingerprint density at radius 3 is 2.94 bits per heavy atom. The van der Waals surface area contributed by atoms with E-state index in [-0.39, 0.29) is 17.2 Å². The van der Waals surface area contributed by atoms with Gasteiger partial charge in [0.1, 0.15) is 6.17 Å². The van der Waals surface area contributed by atoms with Gasteiger partial charge < -0.3 is 4.98 Å². The number of fused-ring (bicyclic) bond motifs is 1. The number of aromatic amines is 1.